The van der Waals surface area contributed by atoms with Crippen molar-refractivity contribution in [2.45, 2.75) is 82.8 Å². The van der Waals surface area contributed by atoms with Gasteiger partial charge in [0.05, 0.1) is 5.54 Å². The molecule has 29 heavy (non-hydrogen) atoms. The number of alkyl carbamates (subject to hydrolysis) is 1. The third-order valence-corrected chi connectivity index (χ3v) is 7.44. The van der Waals surface area contributed by atoms with E-state index in [0.717, 1.165) is 25.9 Å². The highest BCUT2D eigenvalue weighted by molar-refractivity contribution is 5.82. The fourth-order valence-electron chi connectivity index (χ4n) is 5.20. The molecule has 0 radical (unpaired) electrons. The number of ether oxygens (including phenoxy) is 1. The van der Waals surface area contributed by atoms with Crippen molar-refractivity contribution in [1.29, 1.82) is 0 Å². The smallest absolute Gasteiger partial charge is 0.408 e. The Hall–Kier alpha value is -2.04. The van der Waals surface area contributed by atoms with Crippen LogP contribution >= 0.6 is 0 Å². The first-order valence-corrected chi connectivity index (χ1v) is 10.9. The van der Waals surface area contributed by atoms with E-state index in [0.29, 0.717) is 18.8 Å². The number of carbonyl (C=O) groups excluding carboxylic acids is 2. The maximum atomic E-state index is 13.0. The Kier molecular flexibility index (Phi) is 4.71. The lowest BCUT2D eigenvalue weighted by molar-refractivity contribution is -0.145. The molecule has 2 amide bonds. The van der Waals surface area contributed by atoms with Gasteiger partial charge in [-0.3, -0.25) is 4.79 Å². The second-order valence-corrected chi connectivity index (χ2v) is 10.7. The molecule has 3 fully saturated rings. The minimum Gasteiger partial charge on any atom is -0.441 e. The molecule has 1 N–H and O–H groups in total. The fraction of sp³-hybridized carbons (Fsp3) is 0.667. The van der Waals surface area contributed by atoms with Gasteiger partial charge in [0, 0.05) is 19.0 Å². The number of nitrogens with zero attached hydrogens (tertiary/aromatic N) is 1. The molecule has 1 saturated carbocycles. The standard InChI is InChI=1S/C24H34N2O3/c1-22(2,3)19-8-6-16(7-9-19)17-10-12-26(13-11-17)20(27)18-14-24(15-18)23(4,5)29-21(28)25-24/h6-9,17-18H,10-15H2,1-5H3,(H,25,28)/t18-,24+. The summed E-state index contributed by atoms with van der Waals surface area (Å²) in [6.45, 7) is 12.2. The molecule has 2 saturated heterocycles. The maximum Gasteiger partial charge on any atom is 0.408 e. The largest absolute Gasteiger partial charge is 0.441 e. The minimum absolute atomic E-state index is 0.00102. The van der Waals surface area contributed by atoms with Crippen LogP contribution in [0.5, 0.6) is 0 Å². The molecule has 3 aliphatic rings. The number of piperidine rings is 1. The highest BCUT2D eigenvalue weighted by Crippen LogP contribution is 2.50. The fourth-order valence-corrected chi connectivity index (χ4v) is 5.20. The molecule has 0 aromatic heterocycles. The molecule has 158 valence electrons. The summed E-state index contributed by atoms with van der Waals surface area (Å²) in [5.74, 6) is 0.773. The van der Waals surface area contributed by atoms with Crippen LogP contribution in [0.4, 0.5) is 4.79 Å². The van der Waals surface area contributed by atoms with E-state index < -0.39 is 5.60 Å². The number of likely N-dealkylation sites (tertiary alicyclic amines) is 1. The van der Waals surface area contributed by atoms with E-state index in [1.807, 2.05) is 18.7 Å². The summed E-state index contributed by atoms with van der Waals surface area (Å²) in [7, 11) is 0. The molecule has 2 aliphatic heterocycles. The molecule has 1 aromatic rings. The topological polar surface area (TPSA) is 58.6 Å². The van der Waals surface area contributed by atoms with Crippen molar-refractivity contribution < 1.29 is 14.3 Å². The van der Waals surface area contributed by atoms with Crippen molar-refractivity contribution in [2.24, 2.45) is 5.92 Å². The molecule has 1 spiro atoms. The van der Waals surface area contributed by atoms with Crippen molar-refractivity contribution in [3.05, 3.63) is 35.4 Å². The van der Waals surface area contributed by atoms with E-state index in [2.05, 4.69) is 50.4 Å². The van der Waals surface area contributed by atoms with Gasteiger partial charge in [-0.05, 0) is 62.0 Å². The predicted octanol–water partition coefficient (Wildman–Crippen LogP) is 4.36. The van der Waals surface area contributed by atoms with Crippen molar-refractivity contribution in [2.75, 3.05) is 13.1 Å². The molecule has 2 heterocycles. The van der Waals surface area contributed by atoms with Crippen molar-refractivity contribution in [3.8, 4) is 0 Å². The summed E-state index contributed by atoms with van der Waals surface area (Å²) in [5, 5.41) is 2.96. The first-order chi connectivity index (χ1) is 13.5. The lowest BCUT2D eigenvalue weighted by atomic mass is 9.60. The highest BCUT2D eigenvalue weighted by atomic mass is 16.6. The molecule has 0 atom stereocenters. The van der Waals surface area contributed by atoms with E-state index in [-0.39, 0.29) is 28.9 Å². The van der Waals surface area contributed by atoms with Crippen molar-refractivity contribution in [3.63, 3.8) is 0 Å². The van der Waals surface area contributed by atoms with Gasteiger partial charge in [-0.1, -0.05) is 45.0 Å². The molecule has 5 nitrogen and oxygen atoms in total. The van der Waals surface area contributed by atoms with E-state index >= 15 is 0 Å². The summed E-state index contributed by atoms with van der Waals surface area (Å²) in [6.07, 6.45) is 3.03. The third-order valence-electron chi connectivity index (χ3n) is 7.44. The number of amides is 2. The van der Waals surface area contributed by atoms with Crippen LogP contribution in [0.2, 0.25) is 0 Å². The number of hydrogen-bond donors (Lipinski definition) is 1. The van der Waals surface area contributed by atoms with Crippen LogP contribution in [0.25, 0.3) is 0 Å². The van der Waals surface area contributed by atoms with Gasteiger partial charge in [0.15, 0.2) is 0 Å². The lowest BCUT2D eigenvalue weighted by Crippen LogP contribution is -2.65. The second-order valence-electron chi connectivity index (χ2n) is 10.7. The number of carbonyl (C=O) groups is 2. The van der Waals surface area contributed by atoms with Gasteiger partial charge < -0.3 is 15.0 Å². The molecule has 1 aromatic carbocycles. The van der Waals surface area contributed by atoms with E-state index in [1.165, 1.54) is 11.1 Å². The summed E-state index contributed by atoms with van der Waals surface area (Å²) < 4.78 is 5.40. The van der Waals surface area contributed by atoms with Crippen LogP contribution in [0.15, 0.2) is 24.3 Å². The number of nitrogens with one attached hydrogen (secondary N) is 1. The quantitative estimate of drug-likeness (QED) is 0.805. The number of cyclic esters (lactones) is 1. The van der Waals surface area contributed by atoms with Crippen LogP contribution in [-0.4, -0.2) is 41.1 Å². The van der Waals surface area contributed by atoms with Crippen LogP contribution in [0.1, 0.15) is 77.3 Å². The Labute approximate surface area is 174 Å². The van der Waals surface area contributed by atoms with Gasteiger partial charge in [0.25, 0.3) is 0 Å². The van der Waals surface area contributed by atoms with Gasteiger partial charge in [-0.25, -0.2) is 4.79 Å². The Bertz CT molecular complexity index is 792. The molecule has 1 aliphatic carbocycles. The van der Waals surface area contributed by atoms with Crippen molar-refractivity contribution in [1.82, 2.24) is 10.2 Å². The Balaban J connectivity index is 1.31. The highest BCUT2D eigenvalue weighted by Gasteiger charge is 2.63. The SMILES string of the molecule is CC(C)(C)c1ccc(C2CCN(C(=O)[C@H]3C[C@]4(C3)NC(=O)OC4(C)C)CC2)cc1. The summed E-state index contributed by atoms with van der Waals surface area (Å²) in [6, 6.07) is 9.04. The number of rotatable bonds is 2. The predicted molar refractivity (Wildman–Crippen MR) is 113 cm³/mol. The zero-order valence-corrected chi connectivity index (χ0v) is 18.4. The van der Waals surface area contributed by atoms with Gasteiger partial charge in [-0.15, -0.1) is 0 Å². The van der Waals surface area contributed by atoms with Gasteiger partial charge >= 0.3 is 6.09 Å². The van der Waals surface area contributed by atoms with E-state index in [4.69, 9.17) is 4.74 Å². The third kappa shape index (κ3) is 3.53. The van der Waals surface area contributed by atoms with Crippen LogP contribution in [0, 0.1) is 5.92 Å². The number of hydrogen-bond acceptors (Lipinski definition) is 3. The Morgan fingerprint density at radius 3 is 2.17 bits per heavy atom. The molecular formula is C24H34N2O3. The summed E-state index contributed by atoms with van der Waals surface area (Å²) in [4.78, 5) is 26.7. The average molecular weight is 399 g/mol. The van der Waals surface area contributed by atoms with E-state index in [9.17, 15) is 9.59 Å². The van der Waals surface area contributed by atoms with E-state index in [1.54, 1.807) is 0 Å². The normalized spacial score (nSPS) is 29.3. The second kappa shape index (κ2) is 6.75. The Morgan fingerprint density at radius 1 is 1.10 bits per heavy atom. The monoisotopic (exact) mass is 398 g/mol. The van der Waals surface area contributed by atoms with Crippen molar-refractivity contribution >= 4 is 12.0 Å². The van der Waals surface area contributed by atoms with Crippen LogP contribution in [-0.2, 0) is 14.9 Å². The number of benzene rings is 1. The average Bonchev–Trinajstić information content (AvgIpc) is 2.88. The van der Waals surface area contributed by atoms with Gasteiger partial charge in [0.2, 0.25) is 5.91 Å². The molecule has 0 unspecified atom stereocenters. The zero-order chi connectivity index (χ0) is 21.0. The molecule has 0 bridgehead atoms. The first kappa shape index (κ1) is 20.2. The van der Waals surface area contributed by atoms with Crippen LogP contribution < -0.4 is 5.32 Å². The minimum atomic E-state index is -0.549. The molecule has 4 rings (SSSR count). The van der Waals surface area contributed by atoms with Crippen LogP contribution in [0.3, 0.4) is 0 Å². The van der Waals surface area contributed by atoms with Gasteiger partial charge in [0.1, 0.15) is 5.60 Å². The molecular weight excluding hydrogens is 364 g/mol. The lowest BCUT2D eigenvalue weighted by Gasteiger charge is -2.50. The summed E-state index contributed by atoms with van der Waals surface area (Å²) >= 11 is 0. The Morgan fingerprint density at radius 2 is 1.69 bits per heavy atom. The van der Waals surface area contributed by atoms with Gasteiger partial charge in [-0.2, -0.15) is 0 Å². The maximum absolute atomic E-state index is 13.0. The molecule has 5 heteroatoms. The summed E-state index contributed by atoms with van der Waals surface area (Å²) in [5.41, 5.74) is 2.00. The first-order valence-electron chi connectivity index (χ1n) is 10.9. The zero-order valence-electron chi connectivity index (χ0n) is 18.4.